The van der Waals surface area contributed by atoms with Crippen LogP contribution in [-0.4, -0.2) is 18.9 Å². The summed E-state index contributed by atoms with van der Waals surface area (Å²) in [5.41, 5.74) is 0.693. The average Bonchev–Trinajstić information content (AvgIpc) is 2.28. The van der Waals surface area contributed by atoms with Crippen LogP contribution in [0.4, 0.5) is 5.69 Å². The molecule has 0 aliphatic rings. The molecular formula is C11H14N2O2. The van der Waals surface area contributed by atoms with Gasteiger partial charge in [-0.1, -0.05) is 18.2 Å². The Morgan fingerprint density at radius 3 is 2.27 bits per heavy atom. The van der Waals surface area contributed by atoms with Gasteiger partial charge < -0.3 is 10.6 Å². The highest BCUT2D eigenvalue weighted by atomic mass is 16.2. The number of hydrogen-bond acceptors (Lipinski definition) is 2. The molecular weight excluding hydrogens is 192 g/mol. The Hall–Kier alpha value is -1.84. The molecule has 2 amide bonds. The Morgan fingerprint density at radius 2 is 1.73 bits per heavy atom. The summed E-state index contributed by atoms with van der Waals surface area (Å²) < 4.78 is 0. The van der Waals surface area contributed by atoms with Crippen LogP contribution in [0.2, 0.25) is 0 Å². The van der Waals surface area contributed by atoms with Gasteiger partial charge in [-0.2, -0.15) is 0 Å². The molecule has 1 atom stereocenters. The van der Waals surface area contributed by atoms with Crippen molar-refractivity contribution < 1.29 is 9.59 Å². The second kappa shape index (κ2) is 5.14. The van der Waals surface area contributed by atoms with Crippen molar-refractivity contribution in [1.29, 1.82) is 0 Å². The predicted molar refractivity (Wildman–Crippen MR) is 58.3 cm³/mol. The Morgan fingerprint density at radius 1 is 1.13 bits per heavy atom. The molecule has 4 nitrogen and oxygen atoms in total. The summed E-state index contributed by atoms with van der Waals surface area (Å²) in [4.78, 5) is 22.7. The standard InChI is InChI=1S/C11H14N2O2/c1-8(10(14)12-2)11(15)13-9-6-4-3-5-7-9/h3-8H,1-2H3,(H,12,14)(H,13,15). The van der Waals surface area contributed by atoms with Gasteiger partial charge in [0, 0.05) is 12.7 Å². The van der Waals surface area contributed by atoms with Crippen molar-refractivity contribution in [1.82, 2.24) is 5.32 Å². The quantitative estimate of drug-likeness (QED) is 0.725. The van der Waals surface area contributed by atoms with Crippen molar-refractivity contribution >= 4 is 17.5 Å². The molecule has 1 aromatic carbocycles. The first-order valence-corrected chi connectivity index (χ1v) is 4.72. The maximum atomic E-state index is 11.5. The molecule has 0 fully saturated rings. The summed E-state index contributed by atoms with van der Waals surface area (Å²) in [6.07, 6.45) is 0. The molecule has 0 aromatic heterocycles. The van der Waals surface area contributed by atoms with E-state index in [2.05, 4.69) is 10.6 Å². The number of nitrogens with one attached hydrogen (secondary N) is 2. The number of carbonyl (C=O) groups is 2. The van der Waals surface area contributed by atoms with Gasteiger partial charge in [0.15, 0.2) is 0 Å². The number of carbonyl (C=O) groups excluding carboxylic acids is 2. The van der Waals surface area contributed by atoms with Gasteiger partial charge >= 0.3 is 0 Å². The minimum atomic E-state index is -0.685. The van der Waals surface area contributed by atoms with Gasteiger partial charge in [0.05, 0.1) is 0 Å². The van der Waals surface area contributed by atoms with E-state index < -0.39 is 5.92 Å². The van der Waals surface area contributed by atoms with Gasteiger partial charge in [-0.05, 0) is 19.1 Å². The Kier molecular flexibility index (Phi) is 3.85. The molecule has 2 N–H and O–H groups in total. The number of rotatable bonds is 3. The maximum Gasteiger partial charge on any atom is 0.236 e. The number of amides is 2. The lowest BCUT2D eigenvalue weighted by molar-refractivity contribution is -0.131. The normalized spacial score (nSPS) is 11.6. The molecule has 1 aromatic rings. The highest BCUT2D eigenvalue weighted by Gasteiger charge is 2.19. The van der Waals surface area contributed by atoms with Crippen LogP contribution in [-0.2, 0) is 9.59 Å². The fraction of sp³-hybridized carbons (Fsp3) is 0.273. The van der Waals surface area contributed by atoms with Crippen molar-refractivity contribution in [3.63, 3.8) is 0 Å². The van der Waals surface area contributed by atoms with Crippen LogP contribution < -0.4 is 10.6 Å². The lowest BCUT2D eigenvalue weighted by Crippen LogP contribution is -2.34. The van der Waals surface area contributed by atoms with Crippen LogP contribution in [0.3, 0.4) is 0 Å². The van der Waals surface area contributed by atoms with Gasteiger partial charge in [-0.15, -0.1) is 0 Å². The van der Waals surface area contributed by atoms with Gasteiger partial charge in [-0.25, -0.2) is 0 Å². The number of para-hydroxylation sites is 1. The summed E-state index contributed by atoms with van der Waals surface area (Å²) in [5, 5.41) is 5.09. The van der Waals surface area contributed by atoms with Crippen LogP contribution in [0.15, 0.2) is 30.3 Å². The fourth-order valence-electron chi connectivity index (χ4n) is 1.11. The molecule has 0 spiro atoms. The van der Waals surface area contributed by atoms with Gasteiger partial charge in [0.25, 0.3) is 0 Å². The number of hydrogen-bond donors (Lipinski definition) is 2. The molecule has 80 valence electrons. The molecule has 1 unspecified atom stereocenters. The van der Waals surface area contributed by atoms with E-state index in [0.717, 1.165) is 0 Å². The largest absolute Gasteiger partial charge is 0.358 e. The smallest absolute Gasteiger partial charge is 0.236 e. The fourth-order valence-corrected chi connectivity index (χ4v) is 1.11. The first-order chi connectivity index (χ1) is 7.15. The Labute approximate surface area is 88.7 Å². The molecule has 0 heterocycles. The minimum absolute atomic E-state index is 0.288. The van der Waals surface area contributed by atoms with Crippen molar-refractivity contribution in [2.24, 2.45) is 5.92 Å². The number of anilines is 1. The van der Waals surface area contributed by atoms with E-state index in [1.165, 1.54) is 7.05 Å². The highest BCUT2D eigenvalue weighted by Crippen LogP contribution is 2.07. The van der Waals surface area contributed by atoms with E-state index in [9.17, 15) is 9.59 Å². The van der Waals surface area contributed by atoms with E-state index in [4.69, 9.17) is 0 Å². The Bertz CT molecular complexity index is 349. The van der Waals surface area contributed by atoms with Gasteiger partial charge in [-0.3, -0.25) is 9.59 Å². The van der Waals surface area contributed by atoms with Crippen molar-refractivity contribution in [2.75, 3.05) is 12.4 Å². The maximum absolute atomic E-state index is 11.5. The zero-order valence-corrected chi connectivity index (χ0v) is 8.78. The Balaban J connectivity index is 2.60. The van der Waals surface area contributed by atoms with Gasteiger partial charge in [0.2, 0.25) is 11.8 Å². The van der Waals surface area contributed by atoms with Crippen LogP contribution in [0.1, 0.15) is 6.92 Å². The SMILES string of the molecule is CNC(=O)C(C)C(=O)Nc1ccccc1. The molecule has 1 rings (SSSR count). The average molecular weight is 206 g/mol. The van der Waals surface area contributed by atoms with Crippen molar-refractivity contribution in [3.05, 3.63) is 30.3 Å². The second-order valence-electron chi connectivity index (χ2n) is 3.19. The summed E-state index contributed by atoms with van der Waals surface area (Å²) in [6.45, 7) is 1.57. The summed E-state index contributed by atoms with van der Waals surface area (Å²) in [6, 6.07) is 9.04. The third-order valence-electron chi connectivity index (χ3n) is 2.07. The molecule has 0 saturated heterocycles. The number of benzene rings is 1. The molecule has 0 saturated carbocycles. The van der Waals surface area contributed by atoms with Crippen LogP contribution >= 0.6 is 0 Å². The lowest BCUT2D eigenvalue weighted by Gasteiger charge is -2.10. The highest BCUT2D eigenvalue weighted by molar-refractivity contribution is 6.05. The first-order valence-electron chi connectivity index (χ1n) is 4.72. The second-order valence-corrected chi connectivity index (χ2v) is 3.19. The van der Waals surface area contributed by atoms with Crippen molar-refractivity contribution in [2.45, 2.75) is 6.92 Å². The summed E-state index contributed by atoms with van der Waals surface area (Å²) in [5.74, 6) is -1.28. The first kappa shape index (κ1) is 11.2. The summed E-state index contributed by atoms with van der Waals surface area (Å²) >= 11 is 0. The molecule has 0 aliphatic heterocycles. The monoisotopic (exact) mass is 206 g/mol. The van der Waals surface area contributed by atoms with Gasteiger partial charge in [0.1, 0.15) is 5.92 Å². The van der Waals surface area contributed by atoms with E-state index in [-0.39, 0.29) is 11.8 Å². The topological polar surface area (TPSA) is 58.2 Å². The van der Waals surface area contributed by atoms with E-state index in [0.29, 0.717) is 5.69 Å². The van der Waals surface area contributed by atoms with E-state index in [1.54, 1.807) is 19.1 Å². The molecule has 0 aliphatic carbocycles. The predicted octanol–water partition coefficient (Wildman–Crippen LogP) is 1.01. The van der Waals surface area contributed by atoms with E-state index in [1.807, 2.05) is 18.2 Å². The molecule has 0 radical (unpaired) electrons. The summed E-state index contributed by atoms with van der Waals surface area (Å²) in [7, 11) is 1.51. The van der Waals surface area contributed by atoms with E-state index >= 15 is 0 Å². The lowest BCUT2D eigenvalue weighted by atomic mass is 10.1. The molecule has 0 bridgehead atoms. The van der Waals surface area contributed by atoms with Crippen LogP contribution in [0.5, 0.6) is 0 Å². The zero-order chi connectivity index (χ0) is 11.3. The molecule has 4 heteroatoms. The van der Waals surface area contributed by atoms with Crippen molar-refractivity contribution in [3.8, 4) is 0 Å². The third-order valence-corrected chi connectivity index (χ3v) is 2.07. The van der Waals surface area contributed by atoms with Crippen LogP contribution in [0, 0.1) is 5.92 Å². The minimum Gasteiger partial charge on any atom is -0.358 e. The zero-order valence-electron chi connectivity index (χ0n) is 8.78. The third kappa shape index (κ3) is 3.09. The van der Waals surface area contributed by atoms with Crippen LogP contribution in [0.25, 0.3) is 0 Å². The molecule has 15 heavy (non-hydrogen) atoms.